The number of fused-ring (bicyclic) bond motifs is 1. The first-order valence-corrected chi connectivity index (χ1v) is 10.1. The predicted octanol–water partition coefficient (Wildman–Crippen LogP) is 1.66. The van der Waals surface area contributed by atoms with Crippen molar-refractivity contribution in [1.82, 2.24) is 34.4 Å². The lowest BCUT2D eigenvalue weighted by Gasteiger charge is -2.40. The molecule has 1 N–H and O–H groups in total. The molecule has 0 aromatic carbocycles. The summed E-state index contributed by atoms with van der Waals surface area (Å²) in [5.74, 6) is 2.01. The predicted molar refractivity (Wildman–Crippen MR) is 112 cm³/mol. The van der Waals surface area contributed by atoms with Gasteiger partial charge in [0.15, 0.2) is 17.0 Å². The zero-order valence-corrected chi connectivity index (χ0v) is 17.7. The maximum absolute atomic E-state index is 12.9. The molecule has 3 aromatic heterocycles. The summed E-state index contributed by atoms with van der Waals surface area (Å²) in [6, 6.07) is -0.390. The third kappa shape index (κ3) is 3.58. The molecule has 1 saturated heterocycles. The fraction of sp³-hybridized carbons (Fsp3) is 0.500. The number of nitrogens with one attached hydrogen (secondary N) is 1. The number of carbonyl (C=O) groups excluding carboxylic acids is 1. The third-order valence-electron chi connectivity index (χ3n) is 5.40. The van der Waals surface area contributed by atoms with Crippen LogP contribution in [0.5, 0.6) is 0 Å². The van der Waals surface area contributed by atoms with E-state index in [0.717, 1.165) is 11.4 Å². The van der Waals surface area contributed by atoms with Gasteiger partial charge in [0, 0.05) is 39.1 Å². The van der Waals surface area contributed by atoms with Gasteiger partial charge < -0.3 is 19.5 Å². The Labute approximate surface area is 174 Å². The first-order valence-electron chi connectivity index (χ1n) is 10.1. The molecule has 0 bridgehead atoms. The van der Waals surface area contributed by atoms with Gasteiger partial charge in [-0.05, 0) is 20.3 Å². The molecule has 0 saturated carbocycles. The molecule has 0 radical (unpaired) electrons. The van der Waals surface area contributed by atoms with Crippen LogP contribution in [0.4, 0.5) is 5.82 Å². The number of imidazole rings is 1. The van der Waals surface area contributed by atoms with Crippen LogP contribution in [0.2, 0.25) is 0 Å². The van der Waals surface area contributed by atoms with Gasteiger partial charge in [0.25, 0.3) is 0 Å². The van der Waals surface area contributed by atoms with Crippen LogP contribution in [0.15, 0.2) is 18.7 Å². The molecule has 1 aliphatic rings. The third-order valence-corrected chi connectivity index (χ3v) is 5.40. The number of ether oxygens (including phenoxy) is 1. The molecule has 4 rings (SSSR count). The molecule has 10 heteroatoms. The second-order valence-corrected chi connectivity index (χ2v) is 7.30. The Morgan fingerprint density at radius 2 is 1.97 bits per heavy atom. The summed E-state index contributed by atoms with van der Waals surface area (Å²) in [6.07, 6.45) is 5.76. The van der Waals surface area contributed by atoms with E-state index in [1.54, 1.807) is 24.4 Å². The van der Waals surface area contributed by atoms with E-state index in [-0.39, 0.29) is 18.1 Å². The van der Waals surface area contributed by atoms with Gasteiger partial charge in [-0.3, -0.25) is 4.79 Å². The molecular formula is C20H26N8O2. The Kier molecular flexibility index (Phi) is 5.58. The van der Waals surface area contributed by atoms with E-state index in [1.807, 2.05) is 25.3 Å². The number of aryl methyl sites for hydroxylation is 2. The minimum absolute atomic E-state index is 0.0413. The van der Waals surface area contributed by atoms with Crippen molar-refractivity contribution in [1.29, 1.82) is 0 Å². The van der Waals surface area contributed by atoms with Crippen molar-refractivity contribution in [2.24, 2.45) is 0 Å². The monoisotopic (exact) mass is 410 g/mol. The van der Waals surface area contributed by atoms with E-state index in [2.05, 4.69) is 25.3 Å². The second-order valence-electron chi connectivity index (χ2n) is 7.30. The van der Waals surface area contributed by atoms with Gasteiger partial charge in [0.05, 0.1) is 11.7 Å². The minimum atomic E-state index is -0.390. The number of carbonyl (C=O) groups is 1. The summed E-state index contributed by atoms with van der Waals surface area (Å²) in [5, 5.41) is 3.29. The molecule has 3 aromatic rings. The number of hydrogen-bond acceptors (Lipinski definition) is 8. The zero-order chi connectivity index (χ0) is 21.3. The highest BCUT2D eigenvalue weighted by molar-refractivity contribution is 5.90. The second kappa shape index (κ2) is 8.31. The summed E-state index contributed by atoms with van der Waals surface area (Å²) in [4.78, 5) is 36.8. The van der Waals surface area contributed by atoms with Crippen LogP contribution < -0.4 is 5.32 Å². The molecule has 0 aliphatic carbocycles. The molecule has 1 fully saturated rings. The van der Waals surface area contributed by atoms with Crippen LogP contribution in [0.25, 0.3) is 22.6 Å². The number of aromatic nitrogens is 6. The van der Waals surface area contributed by atoms with Crippen molar-refractivity contribution in [2.75, 3.05) is 25.5 Å². The van der Waals surface area contributed by atoms with E-state index in [4.69, 9.17) is 9.72 Å². The molecule has 158 valence electrons. The van der Waals surface area contributed by atoms with Crippen LogP contribution in [-0.4, -0.2) is 72.6 Å². The largest absolute Gasteiger partial charge is 0.378 e. The van der Waals surface area contributed by atoms with Gasteiger partial charge in [0.2, 0.25) is 5.91 Å². The molecule has 4 heterocycles. The highest BCUT2D eigenvalue weighted by Gasteiger charge is 2.34. The Bertz CT molecular complexity index is 1040. The van der Waals surface area contributed by atoms with Gasteiger partial charge in [-0.1, -0.05) is 6.92 Å². The van der Waals surface area contributed by atoms with Crippen LogP contribution in [0.1, 0.15) is 26.1 Å². The van der Waals surface area contributed by atoms with Gasteiger partial charge in [0.1, 0.15) is 24.0 Å². The number of anilines is 1. The van der Waals surface area contributed by atoms with Crippen molar-refractivity contribution >= 4 is 22.9 Å². The highest BCUT2D eigenvalue weighted by atomic mass is 16.5. The maximum atomic E-state index is 12.9. The van der Waals surface area contributed by atoms with Gasteiger partial charge in [-0.15, -0.1) is 0 Å². The Morgan fingerprint density at radius 1 is 1.23 bits per heavy atom. The highest BCUT2D eigenvalue weighted by Crippen LogP contribution is 2.27. The normalized spacial score (nSPS) is 15.3. The first-order chi connectivity index (χ1) is 14.5. The van der Waals surface area contributed by atoms with Crippen molar-refractivity contribution in [3.63, 3.8) is 0 Å². The first kappa shape index (κ1) is 20.1. The van der Waals surface area contributed by atoms with E-state index in [1.165, 1.54) is 6.33 Å². The molecule has 1 amide bonds. The Balaban J connectivity index is 1.66. The van der Waals surface area contributed by atoms with Gasteiger partial charge in [-0.25, -0.2) is 24.9 Å². The lowest BCUT2D eigenvalue weighted by atomic mass is 10.1. The summed E-state index contributed by atoms with van der Waals surface area (Å²) >= 11 is 0. The molecule has 10 nitrogen and oxygen atoms in total. The Morgan fingerprint density at radius 3 is 2.60 bits per heavy atom. The summed E-state index contributed by atoms with van der Waals surface area (Å²) in [6.45, 7) is 7.77. The fourth-order valence-electron chi connectivity index (χ4n) is 3.56. The van der Waals surface area contributed by atoms with Crippen LogP contribution in [0, 0.1) is 6.92 Å². The lowest BCUT2D eigenvalue weighted by Crippen LogP contribution is -2.58. The lowest BCUT2D eigenvalue weighted by molar-refractivity contribution is -0.143. The number of methoxy groups -OCH3 is 1. The van der Waals surface area contributed by atoms with Crippen LogP contribution in [0.3, 0.4) is 0 Å². The fourth-order valence-corrected chi connectivity index (χ4v) is 3.56. The average molecular weight is 410 g/mol. The molecular weight excluding hydrogens is 384 g/mol. The standard InChI is InChI=1S/C20H26N8O2/c1-5-15(20(29)27-9-14(10-27)30-4)25-17-16-19(24-11-23-17)28(6-2)18(26-16)13-7-21-12(3)22-8-13/h7-8,11,14-15H,5-6,9-10H2,1-4H3,(H,23,24,25). The van der Waals surface area contributed by atoms with Crippen LogP contribution in [-0.2, 0) is 16.1 Å². The zero-order valence-electron chi connectivity index (χ0n) is 17.7. The summed E-state index contributed by atoms with van der Waals surface area (Å²) in [7, 11) is 1.67. The summed E-state index contributed by atoms with van der Waals surface area (Å²) < 4.78 is 7.27. The molecule has 1 aliphatic heterocycles. The molecule has 0 spiro atoms. The number of rotatable bonds is 7. The SMILES string of the molecule is CCC(Nc1ncnc2c1nc(-c1cnc(C)nc1)n2CC)C(=O)N1CC(OC)C1. The van der Waals surface area contributed by atoms with E-state index in [9.17, 15) is 4.79 Å². The number of nitrogens with zero attached hydrogens (tertiary/aromatic N) is 7. The smallest absolute Gasteiger partial charge is 0.245 e. The Hall–Kier alpha value is -3.14. The molecule has 1 unspecified atom stereocenters. The molecule has 1 atom stereocenters. The van der Waals surface area contributed by atoms with E-state index >= 15 is 0 Å². The number of amides is 1. The number of hydrogen-bond donors (Lipinski definition) is 1. The van der Waals surface area contributed by atoms with Crippen molar-refractivity contribution < 1.29 is 9.53 Å². The van der Waals surface area contributed by atoms with Crippen molar-refractivity contribution in [3.8, 4) is 11.4 Å². The van der Waals surface area contributed by atoms with Crippen LogP contribution >= 0.6 is 0 Å². The van der Waals surface area contributed by atoms with E-state index < -0.39 is 0 Å². The molecule has 30 heavy (non-hydrogen) atoms. The van der Waals surface area contributed by atoms with Crippen molar-refractivity contribution in [3.05, 3.63) is 24.5 Å². The van der Waals surface area contributed by atoms with Gasteiger partial charge in [-0.2, -0.15) is 0 Å². The topological polar surface area (TPSA) is 111 Å². The minimum Gasteiger partial charge on any atom is -0.378 e. The maximum Gasteiger partial charge on any atom is 0.245 e. The van der Waals surface area contributed by atoms with Gasteiger partial charge >= 0.3 is 0 Å². The number of likely N-dealkylation sites (tertiary alicyclic amines) is 1. The van der Waals surface area contributed by atoms with E-state index in [0.29, 0.717) is 48.9 Å². The summed E-state index contributed by atoms with van der Waals surface area (Å²) in [5.41, 5.74) is 2.14. The van der Waals surface area contributed by atoms with Crippen molar-refractivity contribution in [2.45, 2.75) is 45.9 Å². The average Bonchev–Trinajstić information content (AvgIpc) is 3.11. The quantitative estimate of drug-likeness (QED) is 0.626.